The van der Waals surface area contributed by atoms with Gasteiger partial charge in [-0.3, -0.25) is 4.68 Å². The molecule has 0 aliphatic heterocycles. The fourth-order valence-corrected chi connectivity index (χ4v) is 1.93. The molecule has 15 heavy (non-hydrogen) atoms. The molecule has 0 amide bonds. The van der Waals surface area contributed by atoms with Gasteiger partial charge in [-0.1, -0.05) is 0 Å². The van der Waals surface area contributed by atoms with Gasteiger partial charge in [0.15, 0.2) is 5.75 Å². The Hall–Kier alpha value is -0.990. The lowest BCUT2D eigenvalue weighted by atomic mass is 10.1. The van der Waals surface area contributed by atoms with Crippen LogP contribution in [0.3, 0.4) is 0 Å². The lowest BCUT2D eigenvalue weighted by Crippen LogP contribution is -2.22. The van der Waals surface area contributed by atoms with E-state index in [1.165, 1.54) is 25.7 Å². The lowest BCUT2D eigenvalue weighted by Gasteiger charge is -2.18. The smallest absolute Gasteiger partial charge is 0.157 e. The summed E-state index contributed by atoms with van der Waals surface area (Å²) >= 11 is 0. The number of hydrogen-bond donors (Lipinski definition) is 0. The van der Waals surface area contributed by atoms with Crippen LogP contribution < -0.4 is 4.74 Å². The van der Waals surface area contributed by atoms with Gasteiger partial charge in [-0.15, -0.1) is 0 Å². The molecule has 1 aromatic rings. The van der Waals surface area contributed by atoms with Gasteiger partial charge >= 0.3 is 0 Å². The molecule has 2 rings (SSSR count). The predicted molar refractivity (Wildman–Crippen MR) is 60.1 cm³/mol. The van der Waals surface area contributed by atoms with Crippen LogP contribution in [-0.4, -0.2) is 15.9 Å². The van der Waals surface area contributed by atoms with Crippen molar-refractivity contribution in [2.24, 2.45) is 0 Å². The second kappa shape index (κ2) is 3.87. The van der Waals surface area contributed by atoms with Gasteiger partial charge in [0.25, 0.3) is 0 Å². The van der Waals surface area contributed by atoms with Crippen molar-refractivity contribution in [3.8, 4) is 5.75 Å². The average molecular weight is 208 g/mol. The Morgan fingerprint density at radius 3 is 2.53 bits per heavy atom. The van der Waals surface area contributed by atoms with Crippen LogP contribution in [0.4, 0.5) is 0 Å². The molecule has 0 aromatic carbocycles. The standard InChI is InChI=1S/C12H20N2O/c1-12(2,3)14-9-11(8-13-14)15-10-6-4-5-7-10/h8-10H,4-7H2,1-3H3. The lowest BCUT2D eigenvalue weighted by molar-refractivity contribution is 0.209. The second-order valence-corrected chi connectivity index (χ2v) is 5.32. The Labute approximate surface area is 91.4 Å². The highest BCUT2D eigenvalue weighted by Gasteiger charge is 2.19. The summed E-state index contributed by atoms with van der Waals surface area (Å²) < 4.78 is 7.82. The summed E-state index contributed by atoms with van der Waals surface area (Å²) in [5.74, 6) is 0.914. The Bertz CT molecular complexity index is 319. The van der Waals surface area contributed by atoms with Gasteiger partial charge in [-0.2, -0.15) is 5.10 Å². The molecule has 0 spiro atoms. The molecule has 3 heteroatoms. The van der Waals surface area contributed by atoms with Crippen LogP contribution in [0, 0.1) is 0 Å². The fourth-order valence-electron chi connectivity index (χ4n) is 1.93. The highest BCUT2D eigenvalue weighted by atomic mass is 16.5. The summed E-state index contributed by atoms with van der Waals surface area (Å²) in [6.07, 6.45) is 9.24. The van der Waals surface area contributed by atoms with Crippen LogP contribution in [0.25, 0.3) is 0 Å². The zero-order chi connectivity index (χ0) is 10.9. The molecule has 0 unspecified atom stereocenters. The number of aromatic nitrogens is 2. The molecule has 0 N–H and O–H groups in total. The van der Waals surface area contributed by atoms with Gasteiger partial charge in [0.2, 0.25) is 0 Å². The molecule has 0 saturated heterocycles. The van der Waals surface area contributed by atoms with Gasteiger partial charge < -0.3 is 4.74 Å². The first-order valence-electron chi connectivity index (χ1n) is 5.77. The quantitative estimate of drug-likeness (QED) is 0.747. The normalized spacial score (nSPS) is 18.3. The van der Waals surface area contributed by atoms with Gasteiger partial charge in [-0.05, 0) is 46.5 Å². The van der Waals surface area contributed by atoms with Gasteiger partial charge in [0.05, 0.1) is 24.0 Å². The molecule has 1 heterocycles. The maximum atomic E-state index is 5.87. The van der Waals surface area contributed by atoms with E-state index >= 15 is 0 Å². The van der Waals surface area contributed by atoms with Crippen molar-refractivity contribution >= 4 is 0 Å². The molecule has 1 aliphatic rings. The van der Waals surface area contributed by atoms with Crippen molar-refractivity contribution in [1.29, 1.82) is 0 Å². The van der Waals surface area contributed by atoms with E-state index in [0.29, 0.717) is 6.10 Å². The van der Waals surface area contributed by atoms with E-state index in [1.807, 2.05) is 17.1 Å². The van der Waals surface area contributed by atoms with Crippen LogP contribution >= 0.6 is 0 Å². The number of nitrogens with zero attached hydrogens (tertiary/aromatic N) is 2. The van der Waals surface area contributed by atoms with Crippen molar-refractivity contribution in [2.75, 3.05) is 0 Å². The maximum absolute atomic E-state index is 5.87. The molecule has 1 saturated carbocycles. The topological polar surface area (TPSA) is 27.1 Å². The van der Waals surface area contributed by atoms with Crippen molar-refractivity contribution in [3.05, 3.63) is 12.4 Å². The third-order valence-electron chi connectivity index (χ3n) is 2.85. The van der Waals surface area contributed by atoms with Gasteiger partial charge in [0, 0.05) is 0 Å². The minimum absolute atomic E-state index is 0.0390. The van der Waals surface area contributed by atoms with E-state index in [2.05, 4.69) is 25.9 Å². The Balaban J connectivity index is 2.00. The zero-order valence-electron chi connectivity index (χ0n) is 9.86. The highest BCUT2D eigenvalue weighted by Crippen LogP contribution is 2.24. The van der Waals surface area contributed by atoms with E-state index in [-0.39, 0.29) is 5.54 Å². The van der Waals surface area contributed by atoms with Crippen molar-refractivity contribution < 1.29 is 4.74 Å². The summed E-state index contributed by atoms with van der Waals surface area (Å²) in [6, 6.07) is 0. The van der Waals surface area contributed by atoms with Gasteiger partial charge in [0.1, 0.15) is 0 Å². The van der Waals surface area contributed by atoms with E-state index in [1.54, 1.807) is 0 Å². The second-order valence-electron chi connectivity index (χ2n) is 5.32. The Morgan fingerprint density at radius 1 is 1.33 bits per heavy atom. The molecule has 84 valence electrons. The number of ether oxygens (including phenoxy) is 1. The maximum Gasteiger partial charge on any atom is 0.157 e. The minimum Gasteiger partial charge on any atom is -0.487 e. The van der Waals surface area contributed by atoms with Crippen molar-refractivity contribution in [1.82, 2.24) is 9.78 Å². The van der Waals surface area contributed by atoms with Crippen LogP contribution in [0.2, 0.25) is 0 Å². The Kier molecular flexibility index (Phi) is 2.72. The minimum atomic E-state index is 0.0390. The molecule has 0 atom stereocenters. The van der Waals surface area contributed by atoms with E-state index in [4.69, 9.17) is 4.74 Å². The zero-order valence-corrected chi connectivity index (χ0v) is 9.86. The Morgan fingerprint density at radius 2 is 2.00 bits per heavy atom. The molecular formula is C12H20N2O. The molecule has 0 bridgehead atoms. The van der Waals surface area contributed by atoms with Crippen molar-refractivity contribution in [2.45, 2.75) is 58.1 Å². The summed E-state index contributed by atoms with van der Waals surface area (Å²) in [5, 5.41) is 4.32. The van der Waals surface area contributed by atoms with Gasteiger partial charge in [-0.25, -0.2) is 0 Å². The third-order valence-corrected chi connectivity index (χ3v) is 2.85. The van der Waals surface area contributed by atoms with Crippen LogP contribution in [-0.2, 0) is 5.54 Å². The number of hydrogen-bond acceptors (Lipinski definition) is 2. The first kappa shape index (κ1) is 10.5. The predicted octanol–water partition coefficient (Wildman–Crippen LogP) is 2.96. The third kappa shape index (κ3) is 2.52. The van der Waals surface area contributed by atoms with Crippen molar-refractivity contribution in [3.63, 3.8) is 0 Å². The molecule has 3 nitrogen and oxygen atoms in total. The molecule has 1 fully saturated rings. The van der Waals surface area contributed by atoms with Crippen LogP contribution in [0.5, 0.6) is 5.75 Å². The molecule has 1 aromatic heterocycles. The summed E-state index contributed by atoms with van der Waals surface area (Å²) in [7, 11) is 0. The van der Waals surface area contributed by atoms with E-state index in [9.17, 15) is 0 Å². The average Bonchev–Trinajstić information content (AvgIpc) is 2.73. The first-order valence-corrected chi connectivity index (χ1v) is 5.77. The number of rotatable bonds is 2. The monoisotopic (exact) mass is 208 g/mol. The van der Waals surface area contributed by atoms with Crippen LogP contribution in [0.15, 0.2) is 12.4 Å². The highest BCUT2D eigenvalue weighted by molar-refractivity contribution is 5.13. The van der Waals surface area contributed by atoms with Crippen LogP contribution in [0.1, 0.15) is 46.5 Å². The van der Waals surface area contributed by atoms with E-state index < -0.39 is 0 Å². The summed E-state index contributed by atoms with van der Waals surface area (Å²) in [4.78, 5) is 0. The summed E-state index contributed by atoms with van der Waals surface area (Å²) in [6.45, 7) is 6.41. The molecular weight excluding hydrogens is 188 g/mol. The first-order chi connectivity index (χ1) is 7.05. The summed E-state index contributed by atoms with van der Waals surface area (Å²) in [5.41, 5.74) is 0.0390. The fraction of sp³-hybridized carbons (Fsp3) is 0.750. The SMILES string of the molecule is CC(C)(C)n1cc(OC2CCCC2)cn1. The largest absolute Gasteiger partial charge is 0.487 e. The van der Waals surface area contributed by atoms with E-state index in [0.717, 1.165) is 5.75 Å². The molecule has 1 aliphatic carbocycles. The molecule has 0 radical (unpaired) electrons.